The number of hydrogen-bond acceptors (Lipinski definition) is 5. The van der Waals surface area contributed by atoms with Gasteiger partial charge in [-0.1, -0.05) is 0 Å². The summed E-state index contributed by atoms with van der Waals surface area (Å²) >= 11 is 1.23. The molecule has 2 N–H and O–H groups in total. The molecule has 0 spiro atoms. The van der Waals surface area contributed by atoms with Gasteiger partial charge in [0.1, 0.15) is 6.04 Å². The molecule has 7 heteroatoms. The minimum Gasteiger partial charge on any atom is -0.476 e. The smallest absolute Gasteiger partial charge is 0.355 e. The predicted octanol–water partition coefficient (Wildman–Crippen LogP) is 1.43. The zero-order valence-electron chi connectivity index (χ0n) is 10.9. The van der Waals surface area contributed by atoms with Crippen LogP contribution in [0.5, 0.6) is 0 Å². The first-order chi connectivity index (χ1) is 8.36. The highest BCUT2D eigenvalue weighted by Gasteiger charge is 2.19. The summed E-state index contributed by atoms with van der Waals surface area (Å²) in [7, 11) is 1.72. The van der Waals surface area contributed by atoms with E-state index in [1.807, 2.05) is 6.92 Å². The van der Waals surface area contributed by atoms with Crippen LogP contribution in [0.15, 0.2) is 0 Å². The van der Waals surface area contributed by atoms with Gasteiger partial charge in [-0.05, 0) is 20.8 Å². The summed E-state index contributed by atoms with van der Waals surface area (Å²) < 4.78 is 0. The Bertz CT molecular complexity index is 458. The van der Waals surface area contributed by atoms with Crippen molar-refractivity contribution in [1.29, 1.82) is 0 Å². The normalized spacial score (nSPS) is 12.0. The van der Waals surface area contributed by atoms with Crippen molar-refractivity contribution in [3.05, 3.63) is 10.6 Å². The maximum Gasteiger partial charge on any atom is 0.355 e. The third-order valence-electron chi connectivity index (χ3n) is 2.56. The number of likely N-dealkylation sites (N-methyl/N-ethyl adjacent to an activating group) is 1. The van der Waals surface area contributed by atoms with Crippen LogP contribution in [-0.2, 0) is 4.79 Å². The fourth-order valence-electron chi connectivity index (χ4n) is 1.39. The van der Waals surface area contributed by atoms with Crippen LogP contribution in [-0.4, -0.2) is 46.5 Å². The average molecular weight is 271 g/mol. The molecule has 0 saturated heterocycles. The number of nitrogens with one attached hydrogen (secondary N) is 1. The first-order valence-electron chi connectivity index (χ1n) is 5.59. The van der Waals surface area contributed by atoms with Crippen molar-refractivity contribution in [3.63, 3.8) is 0 Å². The second-order valence-electron chi connectivity index (χ2n) is 3.95. The highest BCUT2D eigenvalue weighted by molar-refractivity contribution is 7.15. The molecule has 1 aromatic rings. The van der Waals surface area contributed by atoms with Crippen LogP contribution in [0.4, 0.5) is 5.13 Å². The number of amides is 1. The molecule has 0 saturated carbocycles. The topological polar surface area (TPSA) is 82.5 Å². The lowest BCUT2D eigenvalue weighted by atomic mass is 10.3. The van der Waals surface area contributed by atoms with Crippen molar-refractivity contribution in [2.45, 2.75) is 26.8 Å². The SMILES string of the molecule is CCN(C)C(=O)C(C)Nc1nc(C(=O)O)c(C)s1. The molecule has 1 unspecified atom stereocenters. The van der Waals surface area contributed by atoms with Crippen LogP contribution < -0.4 is 5.32 Å². The van der Waals surface area contributed by atoms with Crippen molar-refractivity contribution in [1.82, 2.24) is 9.88 Å². The maximum atomic E-state index is 11.8. The number of carboxylic acids is 1. The Labute approximate surface area is 110 Å². The second-order valence-corrected chi connectivity index (χ2v) is 5.15. The molecule has 0 fully saturated rings. The molecular formula is C11H17N3O3S. The summed E-state index contributed by atoms with van der Waals surface area (Å²) in [4.78, 5) is 28.8. The number of rotatable bonds is 5. The van der Waals surface area contributed by atoms with Gasteiger partial charge in [0.25, 0.3) is 0 Å². The van der Waals surface area contributed by atoms with E-state index in [0.717, 1.165) is 0 Å². The number of carbonyl (C=O) groups excluding carboxylic acids is 1. The molecule has 0 aliphatic carbocycles. The monoisotopic (exact) mass is 271 g/mol. The molecule has 1 heterocycles. The first-order valence-corrected chi connectivity index (χ1v) is 6.40. The number of thiazole rings is 1. The van der Waals surface area contributed by atoms with Crippen molar-refractivity contribution >= 4 is 28.3 Å². The number of hydrogen-bond donors (Lipinski definition) is 2. The fraction of sp³-hybridized carbons (Fsp3) is 0.545. The van der Waals surface area contributed by atoms with E-state index in [4.69, 9.17) is 5.11 Å². The van der Waals surface area contributed by atoms with Gasteiger partial charge in [-0.3, -0.25) is 4.79 Å². The Morgan fingerprint density at radius 1 is 1.56 bits per heavy atom. The molecule has 1 amide bonds. The summed E-state index contributed by atoms with van der Waals surface area (Å²) in [6.45, 7) is 5.94. The van der Waals surface area contributed by atoms with E-state index in [0.29, 0.717) is 16.6 Å². The van der Waals surface area contributed by atoms with Crippen molar-refractivity contribution in [2.24, 2.45) is 0 Å². The van der Waals surface area contributed by atoms with E-state index in [2.05, 4.69) is 10.3 Å². The highest BCUT2D eigenvalue weighted by atomic mass is 32.1. The van der Waals surface area contributed by atoms with Crippen LogP contribution in [0.1, 0.15) is 29.2 Å². The molecular weight excluding hydrogens is 254 g/mol. The first kappa shape index (κ1) is 14.4. The quantitative estimate of drug-likeness (QED) is 0.846. The van der Waals surface area contributed by atoms with E-state index >= 15 is 0 Å². The molecule has 0 aliphatic rings. The van der Waals surface area contributed by atoms with Gasteiger partial charge in [0.15, 0.2) is 10.8 Å². The molecule has 1 atom stereocenters. The number of nitrogens with zero attached hydrogens (tertiary/aromatic N) is 2. The minimum atomic E-state index is -1.05. The van der Waals surface area contributed by atoms with Gasteiger partial charge in [-0.15, -0.1) is 11.3 Å². The Morgan fingerprint density at radius 3 is 2.61 bits per heavy atom. The van der Waals surface area contributed by atoms with E-state index in [1.54, 1.807) is 25.8 Å². The van der Waals surface area contributed by atoms with E-state index < -0.39 is 12.0 Å². The average Bonchev–Trinajstić information content (AvgIpc) is 2.68. The van der Waals surface area contributed by atoms with Gasteiger partial charge >= 0.3 is 5.97 Å². The van der Waals surface area contributed by atoms with Crippen LogP contribution in [0.2, 0.25) is 0 Å². The Morgan fingerprint density at radius 2 is 2.17 bits per heavy atom. The second kappa shape index (κ2) is 5.81. The molecule has 6 nitrogen and oxygen atoms in total. The summed E-state index contributed by atoms with van der Waals surface area (Å²) in [6.07, 6.45) is 0. The predicted molar refractivity (Wildman–Crippen MR) is 70.2 cm³/mol. The molecule has 0 bridgehead atoms. The van der Waals surface area contributed by atoms with E-state index in [-0.39, 0.29) is 11.6 Å². The number of aryl methyl sites for hydroxylation is 1. The van der Waals surface area contributed by atoms with Gasteiger partial charge in [-0.25, -0.2) is 9.78 Å². The van der Waals surface area contributed by atoms with Gasteiger partial charge < -0.3 is 15.3 Å². The maximum absolute atomic E-state index is 11.8. The Kier molecular flexibility index (Phi) is 4.66. The number of aromatic nitrogens is 1. The zero-order chi connectivity index (χ0) is 13.9. The van der Waals surface area contributed by atoms with Crippen LogP contribution in [0, 0.1) is 6.92 Å². The lowest BCUT2D eigenvalue weighted by Crippen LogP contribution is -2.38. The molecule has 100 valence electrons. The Hall–Kier alpha value is -1.63. The van der Waals surface area contributed by atoms with E-state index in [1.165, 1.54) is 11.3 Å². The van der Waals surface area contributed by atoms with E-state index in [9.17, 15) is 9.59 Å². The largest absolute Gasteiger partial charge is 0.476 e. The number of carbonyl (C=O) groups is 2. The molecule has 18 heavy (non-hydrogen) atoms. The standard InChI is InChI=1S/C11H17N3O3S/c1-5-14(4)9(15)6(2)12-11-13-8(10(16)17)7(3)18-11/h6H,5H2,1-4H3,(H,12,13)(H,16,17). The third kappa shape index (κ3) is 3.19. The zero-order valence-corrected chi connectivity index (χ0v) is 11.7. The Balaban J connectivity index is 2.76. The molecule has 1 rings (SSSR count). The summed E-state index contributed by atoms with van der Waals surface area (Å²) in [6, 6.07) is -0.429. The summed E-state index contributed by atoms with van der Waals surface area (Å²) in [5, 5.41) is 12.3. The third-order valence-corrected chi connectivity index (χ3v) is 3.46. The molecule has 1 aromatic heterocycles. The summed E-state index contributed by atoms with van der Waals surface area (Å²) in [5.41, 5.74) is 0.0333. The van der Waals surface area contributed by atoms with Gasteiger partial charge in [-0.2, -0.15) is 0 Å². The summed E-state index contributed by atoms with van der Waals surface area (Å²) in [5.74, 6) is -1.11. The highest BCUT2D eigenvalue weighted by Crippen LogP contribution is 2.22. The van der Waals surface area contributed by atoms with Crippen molar-refractivity contribution in [3.8, 4) is 0 Å². The van der Waals surface area contributed by atoms with Crippen LogP contribution in [0.3, 0.4) is 0 Å². The van der Waals surface area contributed by atoms with Crippen LogP contribution >= 0.6 is 11.3 Å². The minimum absolute atomic E-state index is 0.0333. The molecule has 0 aromatic carbocycles. The molecule has 0 aliphatic heterocycles. The van der Waals surface area contributed by atoms with Gasteiger partial charge in [0.05, 0.1) is 0 Å². The fourth-order valence-corrected chi connectivity index (χ4v) is 2.28. The van der Waals surface area contributed by atoms with Crippen molar-refractivity contribution < 1.29 is 14.7 Å². The number of anilines is 1. The lowest BCUT2D eigenvalue weighted by Gasteiger charge is -2.20. The van der Waals surface area contributed by atoms with Gasteiger partial charge in [0, 0.05) is 18.5 Å². The number of carboxylic acid groups (broad SMARTS) is 1. The van der Waals surface area contributed by atoms with Crippen LogP contribution in [0.25, 0.3) is 0 Å². The lowest BCUT2D eigenvalue weighted by molar-refractivity contribution is -0.130. The molecule has 0 radical (unpaired) electrons. The van der Waals surface area contributed by atoms with Gasteiger partial charge in [0.2, 0.25) is 5.91 Å². The number of aromatic carboxylic acids is 1. The van der Waals surface area contributed by atoms with Crippen molar-refractivity contribution in [2.75, 3.05) is 18.9 Å².